The lowest BCUT2D eigenvalue weighted by atomic mass is 9.90. The number of imide groups is 1. The number of fused-ring (bicyclic) bond motifs is 1. The van der Waals surface area contributed by atoms with Gasteiger partial charge in [-0.15, -0.1) is 0 Å². The van der Waals surface area contributed by atoms with Crippen LogP contribution >= 0.6 is 0 Å². The van der Waals surface area contributed by atoms with Crippen LogP contribution in [0.1, 0.15) is 22.0 Å². The summed E-state index contributed by atoms with van der Waals surface area (Å²) in [5, 5.41) is 21.9. The van der Waals surface area contributed by atoms with E-state index in [1.54, 1.807) is 30.3 Å². The topological polar surface area (TPSA) is 130 Å². The van der Waals surface area contributed by atoms with E-state index in [0.717, 1.165) is 4.90 Å². The first kappa shape index (κ1) is 21.3. The van der Waals surface area contributed by atoms with Crippen molar-refractivity contribution in [1.29, 1.82) is 0 Å². The summed E-state index contributed by atoms with van der Waals surface area (Å²) in [6.07, 6.45) is -1.14. The number of amides is 2. The van der Waals surface area contributed by atoms with Crippen LogP contribution < -0.4 is 9.96 Å². The van der Waals surface area contributed by atoms with Gasteiger partial charge in [-0.3, -0.25) is 24.5 Å². The highest BCUT2D eigenvalue weighted by atomic mass is 16.7. The molecule has 0 spiro atoms. The summed E-state index contributed by atoms with van der Waals surface area (Å²) in [5.74, 6) is -3.22. The summed E-state index contributed by atoms with van der Waals surface area (Å²) in [4.78, 5) is 55.8. The highest BCUT2D eigenvalue weighted by Gasteiger charge is 2.60. The van der Waals surface area contributed by atoms with Gasteiger partial charge in [0.2, 0.25) is 5.91 Å². The molecule has 2 fully saturated rings. The third-order valence-electron chi connectivity index (χ3n) is 5.92. The Morgan fingerprint density at radius 2 is 1.62 bits per heavy atom. The molecule has 1 N–H and O–H groups in total. The van der Waals surface area contributed by atoms with Crippen molar-refractivity contribution in [2.45, 2.75) is 12.1 Å². The molecule has 10 nitrogen and oxygen atoms in total. The second kappa shape index (κ2) is 8.09. The van der Waals surface area contributed by atoms with Gasteiger partial charge in [-0.2, -0.15) is 0 Å². The smallest absolute Gasteiger partial charge is 0.335 e. The van der Waals surface area contributed by atoms with Crippen molar-refractivity contribution in [2.75, 3.05) is 9.96 Å². The predicted molar refractivity (Wildman–Crippen MR) is 119 cm³/mol. The van der Waals surface area contributed by atoms with E-state index in [0.29, 0.717) is 11.3 Å². The predicted octanol–water partition coefficient (Wildman–Crippen LogP) is 3.34. The lowest BCUT2D eigenvalue weighted by Gasteiger charge is -2.28. The Morgan fingerprint density at radius 3 is 2.26 bits per heavy atom. The average Bonchev–Trinajstić information content (AvgIpc) is 3.35. The van der Waals surface area contributed by atoms with Gasteiger partial charge < -0.3 is 5.11 Å². The first-order chi connectivity index (χ1) is 16.4. The number of carboxylic acid groups (broad SMARTS) is 1. The Labute approximate surface area is 192 Å². The lowest BCUT2D eigenvalue weighted by molar-refractivity contribution is -0.384. The van der Waals surface area contributed by atoms with Crippen LogP contribution in [0.25, 0.3) is 0 Å². The van der Waals surface area contributed by atoms with E-state index >= 15 is 0 Å². The maximum Gasteiger partial charge on any atom is 0.335 e. The van der Waals surface area contributed by atoms with Crippen molar-refractivity contribution in [1.82, 2.24) is 0 Å². The van der Waals surface area contributed by atoms with Gasteiger partial charge in [-0.1, -0.05) is 30.3 Å². The molecule has 0 saturated carbocycles. The van der Waals surface area contributed by atoms with Crippen molar-refractivity contribution in [3.63, 3.8) is 0 Å². The minimum Gasteiger partial charge on any atom is -0.478 e. The number of carboxylic acids is 1. The SMILES string of the molecule is O=C(O)c1ccc(N2C(=O)[C@H]3[C@@H](c4cccc([N+](=O)[O-])c4)N(c4ccccc4)O[C@H]3C2=O)cc1. The number of hydrogen-bond acceptors (Lipinski definition) is 7. The second-order valence-electron chi connectivity index (χ2n) is 7.87. The van der Waals surface area contributed by atoms with Crippen LogP contribution in [0.15, 0.2) is 78.9 Å². The van der Waals surface area contributed by atoms with Crippen molar-refractivity contribution >= 4 is 34.8 Å². The minimum atomic E-state index is -1.14. The van der Waals surface area contributed by atoms with Gasteiger partial charge in [0.25, 0.3) is 11.6 Å². The Morgan fingerprint density at radius 1 is 0.912 bits per heavy atom. The molecular weight excluding hydrogens is 442 g/mol. The van der Waals surface area contributed by atoms with Crippen molar-refractivity contribution in [3.8, 4) is 0 Å². The standard InChI is InChI=1S/C24H17N3O7/c28-22-19-20(15-5-4-8-18(13-15)27(32)33)26(17-6-2-1-3-7-17)34-21(19)23(29)25(22)16-11-9-14(10-12-16)24(30)31/h1-13,19-21H,(H,30,31)/t19-,20+,21+/m0/s1. The van der Waals surface area contributed by atoms with E-state index in [4.69, 9.17) is 9.94 Å². The third-order valence-corrected chi connectivity index (χ3v) is 5.92. The fraction of sp³-hybridized carbons (Fsp3) is 0.125. The van der Waals surface area contributed by atoms with Crippen LogP contribution in [0.3, 0.4) is 0 Å². The molecule has 10 heteroatoms. The van der Waals surface area contributed by atoms with Gasteiger partial charge in [0.05, 0.1) is 27.9 Å². The monoisotopic (exact) mass is 459 g/mol. The number of aromatic carboxylic acids is 1. The summed E-state index contributed by atoms with van der Waals surface area (Å²) in [7, 11) is 0. The lowest BCUT2D eigenvalue weighted by Crippen LogP contribution is -2.37. The molecule has 2 heterocycles. The summed E-state index contributed by atoms with van der Waals surface area (Å²) in [6.45, 7) is 0. The maximum atomic E-state index is 13.5. The van der Waals surface area contributed by atoms with E-state index in [9.17, 15) is 24.5 Å². The van der Waals surface area contributed by atoms with Crippen LogP contribution in [-0.4, -0.2) is 33.9 Å². The second-order valence-corrected chi connectivity index (χ2v) is 7.87. The van der Waals surface area contributed by atoms with Crippen LogP contribution in [0.5, 0.6) is 0 Å². The van der Waals surface area contributed by atoms with Crippen LogP contribution in [-0.2, 0) is 14.4 Å². The number of nitro benzene ring substituents is 1. The summed E-state index contributed by atoms with van der Waals surface area (Å²) in [5.41, 5.74) is 1.14. The third kappa shape index (κ3) is 3.37. The maximum absolute atomic E-state index is 13.5. The molecule has 0 bridgehead atoms. The zero-order chi connectivity index (χ0) is 24.0. The Bertz CT molecular complexity index is 1310. The summed E-state index contributed by atoms with van der Waals surface area (Å²) >= 11 is 0. The molecule has 3 aromatic rings. The first-order valence-corrected chi connectivity index (χ1v) is 10.3. The molecule has 5 rings (SSSR count). The highest BCUT2D eigenvalue weighted by molar-refractivity contribution is 6.24. The number of para-hydroxylation sites is 1. The summed E-state index contributed by atoms with van der Waals surface area (Å²) < 4.78 is 0. The molecule has 3 atom stereocenters. The molecule has 2 aliphatic rings. The van der Waals surface area contributed by atoms with Gasteiger partial charge >= 0.3 is 5.97 Å². The Hall–Kier alpha value is -4.57. The zero-order valence-electron chi connectivity index (χ0n) is 17.5. The van der Waals surface area contributed by atoms with E-state index in [1.165, 1.54) is 47.5 Å². The molecule has 2 amide bonds. The number of nitrogens with zero attached hydrogens (tertiary/aromatic N) is 3. The fourth-order valence-corrected chi connectivity index (χ4v) is 4.38. The molecule has 170 valence electrons. The molecule has 3 aromatic carbocycles. The molecule has 34 heavy (non-hydrogen) atoms. The number of non-ortho nitro benzene ring substituents is 1. The normalized spacial score (nSPS) is 21.6. The van der Waals surface area contributed by atoms with E-state index in [-0.39, 0.29) is 16.9 Å². The van der Waals surface area contributed by atoms with E-state index in [2.05, 4.69) is 0 Å². The minimum absolute atomic E-state index is 0.0176. The van der Waals surface area contributed by atoms with Gasteiger partial charge in [0, 0.05) is 12.1 Å². The molecule has 0 radical (unpaired) electrons. The summed E-state index contributed by atoms with van der Waals surface area (Å²) in [6, 6.07) is 19.3. The van der Waals surface area contributed by atoms with Gasteiger partial charge in [0.15, 0.2) is 6.10 Å². The van der Waals surface area contributed by atoms with Crippen LogP contribution in [0, 0.1) is 16.0 Å². The number of carbonyl (C=O) groups excluding carboxylic acids is 2. The Kier molecular flexibility index (Phi) is 5.06. The number of rotatable bonds is 5. The van der Waals surface area contributed by atoms with E-state index in [1.807, 2.05) is 6.07 Å². The van der Waals surface area contributed by atoms with Crippen molar-refractivity contribution in [2.24, 2.45) is 5.92 Å². The number of hydroxylamine groups is 1. The zero-order valence-corrected chi connectivity index (χ0v) is 17.5. The molecule has 0 aliphatic carbocycles. The highest BCUT2D eigenvalue weighted by Crippen LogP contribution is 2.47. The van der Waals surface area contributed by atoms with Gasteiger partial charge in [-0.25, -0.2) is 14.8 Å². The number of nitro groups is 1. The first-order valence-electron chi connectivity index (χ1n) is 10.3. The molecular formula is C24H17N3O7. The van der Waals surface area contributed by atoms with E-state index < -0.39 is 40.8 Å². The van der Waals surface area contributed by atoms with Gasteiger partial charge in [-0.05, 0) is 42.0 Å². The quantitative estimate of drug-likeness (QED) is 0.349. The number of benzene rings is 3. The fourth-order valence-electron chi connectivity index (χ4n) is 4.38. The van der Waals surface area contributed by atoms with Crippen molar-refractivity contribution < 1.29 is 29.3 Å². The number of anilines is 2. The Balaban J connectivity index is 1.57. The number of carbonyl (C=O) groups is 3. The number of hydrogen-bond donors (Lipinski definition) is 1. The molecule has 2 saturated heterocycles. The van der Waals surface area contributed by atoms with Crippen LogP contribution in [0.2, 0.25) is 0 Å². The largest absolute Gasteiger partial charge is 0.478 e. The average molecular weight is 459 g/mol. The molecule has 2 aliphatic heterocycles. The molecule has 0 unspecified atom stereocenters. The van der Waals surface area contributed by atoms with Gasteiger partial charge in [0.1, 0.15) is 5.92 Å². The van der Waals surface area contributed by atoms with Crippen LogP contribution in [0.4, 0.5) is 17.1 Å². The molecule has 0 aromatic heterocycles. The van der Waals surface area contributed by atoms with Crippen molar-refractivity contribution in [3.05, 3.63) is 100 Å².